The van der Waals surface area contributed by atoms with E-state index in [1.54, 1.807) is 37.2 Å². The highest BCUT2D eigenvalue weighted by molar-refractivity contribution is 6.31. The third-order valence-electron chi connectivity index (χ3n) is 7.65. The quantitative estimate of drug-likeness (QED) is 0.259. The molecule has 0 saturated carbocycles. The summed E-state index contributed by atoms with van der Waals surface area (Å²) in [6.07, 6.45) is -2.58. The van der Waals surface area contributed by atoms with Crippen LogP contribution in [0.2, 0.25) is 5.02 Å². The molecule has 12 heteroatoms. The van der Waals surface area contributed by atoms with Gasteiger partial charge in [0.25, 0.3) is 0 Å². The molecular formula is C31H29ClF3N5O3. The Morgan fingerprint density at radius 2 is 1.74 bits per heavy atom. The number of carboxylic acids is 1. The van der Waals surface area contributed by atoms with Crippen molar-refractivity contribution in [3.8, 4) is 28.2 Å². The molecule has 0 aliphatic carbocycles. The Bertz CT molecular complexity index is 1690. The molecule has 0 unspecified atom stereocenters. The lowest BCUT2D eigenvalue weighted by Gasteiger charge is -2.34. The fraction of sp³-hybridized carbons (Fsp3) is 0.290. The minimum atomic E-state index is -4.97. The minimum Gasteiger partial charge on any atom is -0.478 e. The van der Waals surface area contributed by atoms with Crippen molar-refractivity contribution < 1.29 is 27.9 Å². The number of rotatable bonds is 5. The molecule has 2 amide bonds. The van der Waals surface area contributed by atoms with Crippen molar-refractivity contribution in [2.45, 2.75) is 31.9 Å². The van der Waals surface area contributed by atoms with Crippen LogP contribution in [-0.2, 0) is 6.18 Å². The van der Waals surface area contributed by atoms with Gasteiger partial charge in [0.15, 0.2) is 11.5 Å². The summed E-state index contributed by atoms with van der Waals surface area (Å²) in [7, 11) is 3.50. The van der Waals surface area contributed by atoms with Gasteiger partial charge in [0, 0.05) is 37.8 Å². The first-order valence-electron chi connectivity index (χ1n) is 13.6. The lowest BCUT2D eigenvalue weighted by Crippen LogP contribution is -2.43. The number of hydrogen-bond donors (Lipinski definition) is 1. The number of carboxylic acid groups (broad SMARTS) is 1. The van der Waals surface area contributed by atoms with Crippen LogP contribution in [-0.4, -0.2) is 68.9 Å². The van der Waals surface area contributed by atoms with Crippen LogP contribution < -0.4 is 0 Å². The van der Waals surface area contributed by atoms with Gasteiger partial charge in [-0.1, -0.05) is 41.9 Å². The highest BCUT2D eigenvalue weighted by Crippen LogP contribution is 2.38. The highest BCUT2D eigenvalue weighted by Gasteiger charge is 2.41. The molecule has 0 atom stereocenters. The number of halogens is 4. The molecule has 5 rings (SSSR count). The number of alkyl halides is 3. The van der Waals surface area contributed by atoms with Gasteiger partial charge in [-0.15, -0.1) is 0 Å². The van der Waals surface area contributed by atoms with E-state index < -0.39 is 23.4 Å². The number of aryl methyl sites for hydroxylation is 1. The first-order valence-corrected chi connectivity index (χ1v) is 14.0. The van der Waals surface area contributed by atoms with Gasteiger partial charge in [-0.05, 0) is 72.2 Å². The number of amides is 2. The average Bonchev–Trinajstić information content (AvgIpc) is 3.44. The average molecular weight is 612 g/mol. The van der Waals surface area contributed by atoms with Gasteiger partial charge in [0.1, 0.15) is 5.56 Å². The Morgan fingerprint density at radius 1 is 1.02 bits per heavy atom. The number of aromatic carboxylic acids is 1. The largest absolute Gasteiger partial charge is 0.478 e. The van der Waals surface area contributed by atoms with E-state index in [1.165, 1.54) is 17.7 Å². The molecular weight excluding hydrogens is 583 g/mol. The number of aromatic nitrogens is 3. The third-order valence-corrected chi connectivity index (χ3v) is 7.88. The van der Waals surface area contributed by atoms with Crippen LogP contribution in [0, 0.1) is 6.92 Å². The summed E-state index contributed by atoms with van der Waals surface area (Å²) in [5, 5.41) is 13.4. The summed E-state index contributed by atoms with van der Waals surface area (Å²) in [4.78, 5) is 31.7. The molecule has 1 aliphatic rings. The van der Waals surface area contributed by atoms with Crippen LogP contribution >= 0.6 is 11.6 Å². The van der Waals surface area contributed by atoms with Crippen molar-refractivity contribution in [2.24, 2.45) is 0 Å². The third kappa shape index (κ3) is 6.08. The maximum absolute atomic E-state index is 13.9. The molecule has 3 heterocycles. The summed E-state index contributed by atoms with van der Waals surface area (Å²) in [6.45, 7) is 3.42. The molecule has 224 valence electrons. The van der Waals surface area contributed by atoms with Crippen LogP contribution in [0.1, 0.15) is 45.9 Å². The van der Waals surface area contributed by atoms with Crippen molar-refractivity contribution in [3.05, 3.63) is 88.2 Å². The molecule has 1 fully saturated rings. The Kier molecular flexibility index (Phi) is 8.20. The molecule has 2 aromatic carbocycles. The summed E-state index contributed by atoms with van der Waals surface area (Å²) in [5.41, 5.74) is 2.51. The number of pyridine rings is 1. The fourth-order valence-electron chi connectivity index (χ4n) is 5.59. The van der Waals surface area contributed by atoms with Crippen LogP contribution in [0.4, 0.5) is 18.0 Å². The number of likely N-dealkylation sites (tertiary alicyclic amines) is 1. The normalized spacial score (nSPS) is 14.2. The van der Waals surface area contributed by atoms with E-state index >= 15 is 0 Å². The summed E-state index contributed by atoms with van der Waals surface area (Å²) >= 11 is 6.36. The number of piperidine rings is 1. The Morgan fingerprint density at radius 3 is 2.37 bits per heavy atom. The second-order valence-corrected chi connectivity index (χ2v) is 11.1. The van der Waals surface area contributed by atoms with E-state index in [1.807, 2.05) is 24.0 Å². The topological polar surface area (TPSA) is 91.6 Å². The van der Waals surface area contributed by atoms with E-state index in [2.05, 4.69) is 22.2 Å². The van der Waals surface area contributed by atoms with Gasteiger partial charge in [-0.3, -0.25) is 0 Å². The van der Waals surface area contributed by atoms with Crippen molar-refractivity contribution in [2.75, 3.05) is 27.2 Å². The molecule has 0 bridgehead atoms. The predicted octanol–water partition coefficient (Wildman–Crippen LogP) is 7.14. The number of benzene rings is 2. The maximum atomic E-state index is 13.9. The predicted molar refractivity (Wildman–Crippen MR) is 157 cm³/mol. The van der Waals surface area contributed by atoms with E-state index in [9.17, 15) is 27.9 Å². The zero-order valence-electron chi connectivity index (χ0n) is 23.7. The monoisotopic (exact) mass is 611 g/mol. The molecule has 1 N–H and O–H groups in total. The van der Waals surface area contributed by atoms with E-state index in [0.717, 1.165) is 29.5 Å². The van der Waals surface area contributed by atoms with Crippen molar-refractivity contribution in [1.82, 2.24) is 24.6 Å². The molecule has 4 aromatic rings. The van der Waals surface area contributed by atoms with Crippen molar-refractivity contribution >= 4 is 23.6 Å². The van der Waals surface area contributed by atoms with Crippen LogP contribution in [0.25, 0.3) is 28.2 Å². The molecule has 1 aliphatic heterocycles. The molecule has 0 radical (unpaired) electrons. The summed E-state index contributed by atoms with van der Waals surface area (Å²) in [6, 6.07) is 16.0. The first kappa shape index (κ1) is 30.1. The Labute approximate surface area is 251 Å². The maximum Gasteiger partial charge on any atom is 0.434 e. The number of nitrogens with zero attached hydrogens (tertiary/aromatic N) is 5. The molecule has 2 aromatic heterocycles. The second-order valence-electron chi connectivity index (χ2n) is 10.7. The number of carbonyl (C=O) groups excluding carboxylic acids is 1. The van der Waals surface area contributed by atoms with E-state index in [0.29, 0.717) is 46.2 Å². The smallest absolute Gasteiger partial charge is 0.434 e. The number of urea groups is 1. The second kappa shape index (κ2) is 11.7. The standard InChI is InChI=1S/C31H29ClF3N5O3/c1-18-15-20(7-9-22(18)19-11-13-39(14-12-19)30(43)38(2)3)23-10-8-21(32)16-24(23)26-5-4-6-27(37-26)40-28(31(33,34)35)25(17-36-40)29(41)42/h4-10,15-17,19H,11-14H2,1-3H3,(H,41,42). The van der Waals surface area contributed by atoms with Crippen LogP contribution in [0.15, 0.2) is 60.8 Å². The van der Waals surface area contributed by atoms with Gasteiger partial charge in [0.05, 0.1) is 11.9 Å². The van der Waals surface area contributed by atoms with Gasteiger partial charge in [-0.2, -0.15) is 18.3 Å². The lowest BCUT2D eigenvalue weighted by atomic mass is 9.85. The SMILES string of the molecule is Cc1cc(-c2ccc(Cl)cc2-c2cccc(-n3ncc(C(=O)O)c3C(F)(F)F)n2)ccc1C1CCN(C(=O)N(C)C)CC1. The molecule has 1 saturated heterocycles. The highest BCUT2D eigenvalue weighted by atomic mass is 35.5. The minimum absolute atomic E-state index is 0.0166. The molecule has 43 heavy (non-hydrogen) atoms. The van der Waals surface area contributed by atoms with Crippen LogP contribution in [0.3, 0.4) is 0 Å². The lowest BCUT2D eigenvalue weighted by molar-refractivity contribution is -0.143. The van der Waals surface area contributed by atoms with E-state index in [-0.39, 0.29) is 11.8 Å². The Hall–Kier alpha value is -4.38. The van der Waals surface area contributed by atoms with Gasteiger partial charge in [0.2, 0.25) is 0 Å². The zero-order valence-corrected chi connectivity index (χ0v) is 24.4. The first-order chi connectivity index (χ1) is 20.3. The van der Waals surface area contributed by atoms with Gasteiger partial charge < -0.3 is 14.9 Å². The van der Waals surface area contributed by atoms with E-state index in [4.69, 9.17) is 11.6 Å². The van der Waals surface area contributed by atoms with Crippen molar-refractivity contribution in [3.63, 3.8) is 0 Å². The van der Waals surface area contributed by atoms with Crippen LogP contribution in [0.5, 0.6) is 0 Å². The molecule has 0 spiro atoms. The summed E-state index contributed by atoms with van der Waals surface area (Å²) < 4.78 is 42.1. The number of hydrogen-bond acceptors (Lipinski definition) is 4. The van der Waals surface area contributed by atoms with Gasteiger partial charge >= 0.3 is 18.2 Å². The molecule has 8 nitrogen and oxygen atoms in total. The van der Waals surface area contributed by atoms with Crippen molar-refractivity contribution in [1.29, 1.82) is 0 Å². The number of carbonyl (C=O) groups is 2. The zero-order chi connectivity index (χ0) is 31.1. The van der Waals surface area contributed by atoms with Gasteiger partial charge in [-0.25, -0.2) is 19.3 Å². The Balaban J connectivity index is 1.49. The summed E-state index contributed by atoms with van der Waals surface area (Å²) in [5.74, 6) is -1.61. The fourth-order valence-corrected chi connectivity index (χ4v) is 5.76.